The SMILES string of the molecule is C=CCNC(CC)CC1CC1. The van der Waals surface area contributed by atoms with E-state index in [1.54, 1.807) is 0 Å². The van der Waals surface area contributed by atoms with Crippen molar-refractivity contribution in [1.82, 2.24) is 5.32 Å². The summed E-state index contributed by atoms with van der Waals surface area (Å²) in [5.74, 6) is 1.04. The van der Waals surface area contributed by atoms with Crippen molar-refractivity contribution in [2.45, 2.75) is 38.6 Å². The van der Waals surface area contributed by atoms with Crippen LogP contribution in [-0.2, 0) is 0 Å². The minimum atomic E-state index is 0.737. The maximum absolute atomic E-state index is 3.70. The van der Waals surface area contributed by atoms with E-state index in [0.717, 1.165) is 18.5 Å². The van der Waals surface area contributed by atoms with Gasteiger partial charge in [0.2, 0.25) is 0 Å². The van der Waals surface area contributed by atoms with Crippen LogP contribution in [0.15, 0.2) is 12.7 Å². The van der Waals surface area contributed by atoms with Gasteiger partial charge in [0.15, 0.2) is 0 Å². The first-order chi connectivity index (χ1) is 5.36. The Morgan fingerprint density at radius 3 is 2.82 bits per heavy atom. The molecule has 0 aromatic rings. The zero-order valence-corrected chi connectivity index (χ0v) is 7.47. The summed E-state index contributed by atoms with van der Waals surface area (Å²) in [6, 6.07) is 0.737. The van der Waals surface area contributed by atoms with Gasteiger partial charge in [0.25, 0.3) is 0 Å². The van der Waals surface area contributed by atoms with Crippen LogP contribution in [0.1, 0.15) is 32.6 Å². The van der Waals surface area contributed by atoms with E-state index < -0.39 is 0 Å². The minimum absolute atomic E-state index is 0.737. The third kappa shape index (κ3) is 3.57. The third-order valence-electron chi connectivity index (χ3n) is 2.36. The van der Waals surface area contributed by atoms with Gasteiger partial charge in [-0.05, 0) is 18.8 Å². The Morgan fingerprint density at radius 2 is 2.36 bits per heavy atom. The van der Waals surface area contributed by atoms with Crippen LogP contribution < -0.4 is 5.32 Å². The molecule has 0 spiro atoms. The first kappa shape index (κ1) is 8.79. The van der Waals surface area contributed by atoms with Gasteiger partial charge in [-0.2, -0.15) is 0 Å². The molecule has 1 unspecified atom stereocenters. The monoisotopic (exact) mass is 153 g/mol. The van der Waals surface area contributed by atoms with Crippen molar-refractivity contribution in [2.75, 3.05) is 6.54 Å². The summed E-state index contributed by atoms with van der Waals surface area (Å²) in [6.07, 6.45) is 7.50. The maximum Gasteiger partial charge on any atom is 0.0134 e. The lowest BCUT2D eigenvalue weighted by Crippen LogP contribution is -2.28. The molecule has 0 aliphatic heterocycles. The standard InChI is InChI=1S/C10H19N/c1-3-7-11-10(4-2)8-9-5-6-9/h3,9-11H,1,4-8H2,2H3. The van der Waals surface area contributed by atoms with Crippen LogP contribution in [0, 0.1) is 5.92 Å². The molecule has 0 aromatic carbocycles. The van der Waals surface area contributed by atoms with E-state index in [9.17, 15) is 0 Å². The van der Waals surface area contributed by atoms with E-state index >= 15 is 0 Å². The average molecular weight is 153 g/mol. The summed E-state index contributed by atoms with van der Waals surface area (Å²) in [5.41, 5.74) is 0. The molecule has 1 rings (SSSR count). The van der Waals surface area contributed by atoms with E-state index in [1.165, 1.54) is 25.7 Å². The molecule has 11 heavy (non-hydrogen) atoms. The first-order valence-corrected chi connectivity index (χ1v) is 4.71. The topological polar surface area (TPSA) is 12.0 Å². The highest BCUT2D eigenvalue weighted by Gasteiger charge is 2.23. The summed E-state index contributed by atoms with van der Waals surface area (Å²) >= 11 is 0. The maximum atomic E-state index is 3.70. The van der Waals surface area contributed by atoms with Crippen molar-refractivity contribution in [3.8, 4) is 0 Å². The van der Waals surface area contributed by atoms with Crippen LogP contribution in [0.25, 0.3) is 0 Å². The van der Waals surface area contributed by atoms with E-state index in [4.69, 9.17) is 0 Å². The van der Waals surface area contributed by atoms with Crippen LogP contribution in [0.5, 0.6) is 0 Å². The molecule has 1 aliphatic carbocycles. The molecule has 1 nitrogen and oxygen atoms in total. The molecule has 1 aliphatic rings. The zero-order valence-electron chi connectivity index (χ0n) is 7.47. The molecule has 1 N–H and O–H groups in total. The highest BCUT2D eigenvalue weighted by atomic mass is 14.9. The van der Waals surface area contributed by atoms with Crippen LogP contribution in [0.2, 0.25) is 0 Å². The normalized spacial score (nSPS) is 19.7. The van der Waals surface area contributed by atoms with Crippen molar-refractivity contribution >= 4 is 0 Å². The lowest BCUT2D eigenvalue weighted by molar-refractivity contribution is 0.465. The van der Waals surface area contributed by atoms with Crippen molar-refractivity contribution < 1.29 is 0 Å². The molecule has 0 saturated heterocycles. The molecule has 64 valence electrons. The molecule has 1 saturated carbocycles. The molecular weight excluding hydrogens is 134 g/mol. The van der Waals surface area contributed by atoms with Crippen molar-refractivity contribution in [1.29, 1.82) is 0 Å². The highest BCUT2D eigenvalue weighted by Crippen LogP contribution is 2.33. The predicted octanol–water partition coefficient (Wildman–Crippen LogP) is 2.34. The molecule has 1 fully saturated rings. The fraction of sp³-hybridized carbons (Fsp3) is 0.800. The van der Waals surface area contributed by atoms with Gasteiger partial charge in [0.1, 0.15) is 0 Å². The predicted molar refractivity (Wildman–Crippen MR) is 49.6 cm³/mol. The molecule has 1 heteroatoms. The minimum Gasteiger partial charge on any atom is -0.311 e. The van der Waals surface area contributed by atoms with Gasteiger partial charge in [0.05, 0.1) is 0 Å². The summed E-state index contributed by atoms with van der Waals surface area (Å²) in [5, 5.41) is 3.47. The Kier molecular flexibility index (Phi) is 3.64. The quantitative estimate of drug-likeness (QED) is 0.577. The van der Waals surface area contributed by atoms with Gasteiger partial charge in [-0.25, -0.2) is 0 Å². The van der Waals surface area contributed by atoms with Gasteiger partial charge in [-0.15, -0.1) is 6.58 Å². The molecular formula is C10H19N. The van der Waals surface area contributed by atoms with Gasteiger partial charge in [0, 0.05) is 12.6 Å². The molecule has 1 atom stereocenters. The second-order valence-electron chi connectivity index (χ2n) is 3.48. The van der Waals surface area contributed by atoms with Crippen LogP contribution in [0.4, 0.5) is 0 Å². The Labute approximate surface area is 69.9 Å². The molecule has 0 aromatic heterocycles. The number of nitrogens with one attached hydrogen (secondary N) is 1. The van der Waals surface area contributed by atoms with Crippen LogP contribution in [-0.4, -0.2) is 12.6 Å². The second kappa shape index (κ2) is 4.55. The Balaban J connectivity index is 2.07. The van der Waals surface area contributed by atoms with Gasteiger partial charge >= 0.3 is 0 Å². The summed E-state index contributed by atoms with van der Waals surface area (Å²) in [7, 11) is 0. The number of hydrogen-bond donors (Lipinski definition) is 1. The Hall–Kier alpha value is -0.300. The molecule has 0 bridgehead atoms. The summed E-state index contributed by atoms with van der Waals surface area (Å²) in [4.78, 5) is 0. The molecule has 0 heterocycles. The van der Waals surface area contributed by atoms with E-state index in [-0.39, 0.29) is 0 Å². The smallest absolute Gasteiger partial charge is 0.0134 e. The van der Waals surface area contributed by atoms with Crippen LogP contribution >= 0.6 is 0 Å². The van der Waals surface area contributed by atoms with Gasteiger partial charge < -0.3 is 5.32 Å². The second-order valence-corrected chi connectivity index (χ2v) is 3.48. The van der Waals surface area contributed by atoms with E-state index in [1.807, 2.05) is 6.08 Å². The largest absolute Gasteiger partial charge is 0.311 e. The van der Waals surface area contributed by atoms with Crippen molar-refractivity contribution in [3.63, 3.8) is 0 Å². The lowest BCUT2D eigenvalue weighted by atomic mass is 10.1. The Morgan fingerprint density at radius 1 is 1.64 bits per heavy atom. The number of hydrogen-bond acceptors (Lipinski definition) is 1. The Bertz CT molecular complexity index is 116. The number of rotatable bonds is 6. The zero-order chi connectivity index (χ0) is 8.10. The van der Waals surface area contributed by atoms with Crippen LogP contribution in [0.3, 0.4) is 0 Å². The highest BCUT2D eigenvalue weighted by molar-refractivity contribution is 4.81. The molecule has 0 amide bonds. The summed E-state index contributed by atoms with van der Waals surface area (Å²) < 4.78 is 0. The lowest BCUT2D eigenvalue weighted by Gasteiger charge is -2.14. The van der Waals surface area contributed by atoms with Gasteiger partial charge in [-0.3, -0.25) is 0 Å². The molecule has 0 radical (unpaired) electrons. The fourth-order valence-corrected chi connectivity index (χ4v) is 1.40. The third-order valence-corrected chi connectivity index (χ3v) is 2.36. The van der Waals surface area contributed by atoms with Gasteiger partial charge in [-0.1, -0.05) is 25.8 Å². The van der Waals surface area contributed by atoms with E-state index in [2.05, 4.69) is 18.8 Å². The van der Waals surface area contributed by atoms with E-state index in [0.29, 0.717) is 0 Å². The summed E-state index contributed by atoms with van der Waals surface area (Å²) in [6.45, 7) is 6.92. The fourth-order valence-electron chi connectivity index (χ4n) is 1.40. The average Bonchev–Trinajstić information content (AvgIpc) is 2.81. The van der Waals surface area contributed by atoms with Crippen molar-refractivity contribution in [3.05, 3.63) is 12.7 Å². The first-order valence-electron chi connectivity index (χ1n) is 4.71. The van der Waals surface area contributed by atoms with Crippen molar-refractivity contribution in [2.24, 2.45) is 5.92 Å².